The molecule has 0 aromatic carbocycles. The minimum Gasteiger partial charge on any atom is -0.394 e. The maximum absolute atomic E-state index is 9.72. The average molecular weight is 291 g/mol. The van der Waals surface area contributed by atoms with Gasteiger partial charge >= 0.3 is 0 Å². The maximum atomic E-state index is 9.72. The Morgan fingerprint density at radius 1 is 1.38 bits per heavy atom. The third-order valence-corrected chi connectivity index (χ3v) is 5.13. The molecule has 118 valence electrons. The number of nitrogens with zero attached hydrogens (tertiary/aromatic N) is 2. The van der Waals surface area contributed by atoms with Gasteiger partial charge in [0.1, 0.15) is 0 Å². The lowest BCUT2D eigenvalue weighted by Crippen LogP contribution is -2.50. The standard InChI is InChI=1S/C17H29N3O/c1-18-17(14-21)9-3-4-16(17)8-13-20(2)12-7-15-5-10-19-11-6-15/h5-6,10-11,16,18,21H,3-4,7-9,12-14H2,1-2H3. The van der Waals surface area contributed by atoms with Crippen LogP contribution < -0.4 is 5.32 Å². The zero-order valence-electron chi connectivity index (χ0n) is 13.4. The van der Waals surface area contributed by atoms with Crippen LogP contribution in [0.4, 0.5) is 0 Å². The summed E-state index contributed by atoms with van der Waals surface area (Å²) in [5.74, 6) is 0.593. The van der Waals surface area contributed by atoms with Crippen molar-refractivity contribution in [3.05, 3.63) is 30.1 Å². The van der Waals surface area contributed by atoms with Crippen LogP contribution in [0.3, 0.4) is 0 Å². The first-order chi connectivity index (χ1) is 10.2. The van der Waals surface area contributed by atoms with Gasteiger partial charge in [0, 0.05) is 24.5 Å². The largest absolute Gasteiger partial charge is 0.394 e. The van der Waals surface area contributed by atoms with Crippen molar-refractivity contribution in [3.8, 4) is 0 Å². The van der Waals surface area contributed by atoms with Gasteiger partial charge in [-0.25, -0.2) is 0 Å². The van der Waals surface area contributed by atoms with Crippen molar-refractivity contribution in [2.45, 2.75) is 37.6 Å². The van der Waals surface area contributed by atoms with E-state index in [1.165, 1.54) is 18.4 Å². The summed E-state index contributed by atoms with van der Waals surface area (Å²) >= 11 is 0. The van der Waals surface area contributed by atoms with Gasteiger partial charge in [-0.15, -0.1) is 0 Å². The molecule has 0 saturated heterocycles. The SMILES string of the molecule is CNC1(CO)CCCC1CCN(C)CCc1ccncc1. The first-order valence-electron chi connectivity index (χ1n) is 8.07. The molecule has 0 bridgehead atoms. The third-order valence-electron chi connectivity index (χ3n) is 5.13. The highest BCUT2D eigenvalue weighted by Gasteiger charge is 2.40. The van der Waals surface area contributed by atoms with E-state index < -0.39 is 0 Å². The van der Waals surface area contributed by atoms with E-state index in [4.69, 9.17) is 0 Å². The van der Waals surface area contributed by atoms with Crippen LogP contribution in [0.2, 0.25) is 0 Å². The van der Waals surface area contributed by atoms with Crippen LogP contribution in [-0.2, 0) is 6.42 Å². The van der Waals surface area contributed by atoms with Gasteiger partial charge in [-0.2, -0.15) is 0 Å². The molecule has 1 aliphatic rings. The number of rotatable bonds is 8. The maximum Gasteiger partial charge on any atom is 0.0615 e. The molecule has 1 fully saturated rings. The summed E-state index contributed by atoms with van der Waals surface area (Å²) in [6.45, 7) is 2.43. The summed E-state index contributed by atoms with van der Waals surface area (Å²) in [4.78, 5) is 6.45. The van der Waals surface area contributed by atoms with Crippen molar-refractivity contribution < 1.29 is 5.11 Å². The molecular formula is C17H29N3O. The molecule has 0 spiro atoms. The number of aliphatic hydroxyl groups is 1. The van der Waals surface area contributed by atoms with Gasteiger partial charge in [0.2, 0.25) is 0 Å². The molecule has 4 heteroatoms. The second-order valence-electron chi connectivity index (χ2n) is 6.35. The molecule has 1 saturated carbocycles. The highest BCUT2D eigenvalue weighted by Crippen LogP contribution is 2.37. The Hall–Kier alpha value is -0.970. The Balaban J connectivity index is 1.75. The predicted molar refractivity (Wildman–Crippen MR) is 86.3 cm³/mol. The quantitative estimate of drug-likeness (QED) is 0.765. The molecule has 1 aliphatic carbocycles. The van der Waals surface area contributed by atoms with Crippen LogP contribution in [0, 0.1) is 5.92 Å². The van der Waals surface area contributed by atoms with E-state index in [0.717, 1.165) is 32.4 Å². The minimum atomic E-state index is -0.0358. The van der Waals surface area contributed by atoms with Gasteiger partial charge in [0.05, 0.1) is 6.61 Å². The van der Waals surface area contributed by atoms with Crippen LogP contribution in [0.5, 0.6) is 0 Å². The lowest BCUT2D eigenvalue weighted by Gasteiger charge is -2.34. The summed E-state index contributed by atoms with van der Waals surface area (Å²) in [6.07, 6.45) is 9.51. The molecule has 0 radical (unpaired) electrons. The molecule has 0 amide bonds. The summed E-state index contributed by atoms with van der Waals surface area (Å²) < 4.78 is 0. The zero-order chi connectivity index (χ0) is 15.1. The number of aliphatic hydroxyl groups excluding tert-OH is 1. The first kappa shape index (κ1) is 16.4. The van der Waals surface area contributed by atoms with E-state index in [9.17, 15) is 5.11 Å². The first-order valence-corrected chi connectivity index (χ1v) is 8.07. The summed E-state index contributed by atoms with van der Waals surface area (Å²) in [7, 11) is 4.18. The van der Waals surface area contributed by atoms with Crippen molar-refractivity contribution in [3.63, 3.8) is 0 Å². The Labute approximate surface area is 128 Å². The van der Waals surface area contributed by atoms with Crippen LogP contribution in [0.15, 0.2) is 24.5 Å². The smallest absolute Gasteiger partial charge is 0.0615 e. The van der Waals surface area contributed by atoms with Gasteiger partial charge in [-0.3, -0.25) is 4.98 Å². The number of hydrogen-bond donors (Lipinski definition) is 2. The van der Waals surface area contributed by atoms with Gasteiger partial charge in [0.25, 0.3) is 0 Å². The Kier molecular flexibility index (Phi) is 6.15. The average Bonchev–Trinajstić information content (AvgIpc) is 2.95. The number of aromatic nitrogens is 1. The normalized spacial score (nSPS) is 25.6. The minimum absolute atomic E-state index is 0.0358. The zero-order valence-corrected chi connectivity index (χ0v) is 13.4. The van der Waals surface area contributed by atoms with E-state index in [2.05, 4.69) is 34.4 Å². The molecule has 2 atom stereocenters. The number of likely N-dealkylation sites (N-methyl/N-ethyl adjacent to an activating group) is 2. The molecular weight excluding hydrogens is 262 g/mol. The Bertz CT molecular complexity index is 406. The molecule has 21 heavy (non-hydrogen) atoms. The van der Waals surface area contributed by atoms with Crippen LogP contribution in [0.25, 0.3) is 0 Å². The van der Waals surface area contributed by atoms with Gasteiger partial charge in [-0.05, 0) is 69.9 Å². The van der Waals surface area contributed by atoms with E-state index >= 15 is 0 Å². The summed E-state index contributed by atoms with van der Waals surface area (Å²) in [6, 6.07) is 4.17. The molecule has 2 rings (SSSR count). The van der Waals surface area contributed by atoms with E-state index in [1.54, 1.807) is 0 Å². The fourth-order valence-electron chi connectivity index (χ4n) is 3.54. The predicted octanol–water partition coefficient (Wildman–Crippen LogP) is 1.70. The van der Waals surface area contributed by atoms with Crippen molar-refractivity contribution in [1.82, 2.24) is 15.2 Å². The van der Waals surface area contributed by atoms with Crippen LogP contribution in [-0.4, -0.2) is 54.3 Å². The van der Waals surface area contributed by atoms with Crippen LogP contribution in [0.1, 0.15) is 31.2 Å². The number of pyridine rings is 1. The summed E-state index contributed by atoms with van der Waals surface area (Å²) in [5, 5.41) is 13.1. The fraction of sp³-hybridized carbons (Fsp3) is 0.706. The highest BCUT2D eigenvalue weighted by molar-refractivity contribution is 5.09. The van der Waals surface area contributed by atoms with Crippen LogP contribution >= 0.6 is 0 Å². The van der Waals surface area contributed by atoms with Crippen molar-refractivity contribution >= 4 is 0 Å². The Morgan fingerprint density at radius 3 is 2.81 bits per heavy atom. The fourth-order valence-corrected chi connectivity index (χ4v) is 3.54. The lowest BCUT2D eigenvalue weighted by atomic mass is 9.85. The molecule has 2 unspecified atom stereocenters. The van der Waals surface area contributed by atoms with Crippen molar-refractivity contribution in [2.75, 3.05) is 33.8 Å². The Morgan fingerprint density at radius 2 is 2.14 bits per heavy atom. The molecule has 0 aliphatic heterocycles. The summed E-state index contributed by atoms with van der Waals surface area (Å²) in [5.41, 5.74) is 1.31. The molecule has 1 aromatic heterocycles. The molecule has 2 N–H and O–H groups in total. The van der Waals surface area contributed by atoms with Gasteiger partial charge in [-0.1, -0.05) is 6.42 Å². The second kappa shape index (κ2) is 7.87. The third kappa shape index (κ3) is 4.25. The number of hydrogen-bond acceptors (Lipinski definition) is 4. The highest BCUT2D eigenvalue weighted by atomic mass is 16.3. The lowest BCUT2D eigenvalue weighted by molar-refractivity contribution is 0.120. The van der Waals surface area contributed by atoms with E-state index in [-0.39, 0.29) is 12.1 Å². The van der Waals surface area contributed by atoms with E-state index in [1.807, 2.05) is 19.4 Å². The molecule has 1 aromatic rings. The van der Waals surface area contributed by atoms with Gasteiger partial charge in [0.15, 0.2) is 0 Å². The van der Waals surface area contributed by atoms with Crippen molar-refractivity contribution in [1.29, 1.82) is 0 Å². The molecule has 1 heterocycles. The second-order valence-corrected chi connectivity index (χ2v) is 6.35. The van der Waals surface area contributed by atoms with E-state index in [0.29, 0.717) is 5.92 Å². The van der Waals surface area contributed by atoms with Crippen molar-refractivity contribution in [2.24, 2.45) is 5.92 Å². The topological polar surface area (TPSA) is 48.4 Å². The number of nitrogens with one attached hydrogen (secondary N) is 1. The molecule has 4 nitrogen and oxygen atoms in total. The monoisotopic (exact) mass is 291 g/mol. The van der Waals surface area contributed by atoms with Gasteiger partial charge < -0.3 is 15.3 Å².